The minimum atomic E-state index is -4.56. The number of azo groups is 1. The van der Waals surface area contributed by atoms with Crippen LogP contribution in [0.15, 0.2) is 69.7 Å². The number of nitrogens with zero attached hydrogens (tertiary/aromatic N) is 5. The van der Waals surface area contributed by atoms with Gasteiger partial charge in [-0.3, -0.25) is 14.6 Å². The van der Waals surface area contributed by atoms with Gasteiger partial charge >= 0.3 is 18.7 Å². The number of rotatable bonds is 6. The van der Waals surface area contributed by atoms with Crippen LogP contribution in [0.3, 0.4) is 0 Å². The maximum Gasteiger partial charge on any atom is 0.418 e. The molecule has 6 rings (SSSR count). The fourth-order valence-corrected chi connectivity index (χ4v) is 5.70. The quantitative estimate of drug-likeness (QED) is 0.537. The van der Waals surface area contributed by atoms with Crippen molar-refractivity contribution in [1.82, 2.24) is 9.80 Å². The van der Waals surface area contributed by atoms with E-state index in [4.69, 9.17) is 4.74 Å². The molecule has 0 aliphatic carbocycles. The molecule has 0 saturated carbocycles. The summed E-state index contributed by atoms with van der Waals surface area (Å²) in [7, 11) is 1.88. The first kappa shape index (κ1) is 24.2. The molecule has 1 amide bonds. The number of ether oxygens (including phenoxy) is 1. The van der Waals surface area contributed by atoms with E-state index in [1.165, 1.54) is 17.1 Å². The Kier molecular flexibility index (Phi) is 5.91. The van der Waals surface area contributed by atoms with E-state index in [9.17, 15) is 18.0 Å². The number of fused-ring (bicyclic) bond motifs is 1. The molecule has 2 saturated heterocycles. The van der Waals surface area contributed by atoms with Crippen LogP contribution in [-0.4, -0.2) is 72.7 Å². The number of halogens is 3. The molecule has 0 spiro atoms. The van der Waals surface area contributed by atoms with Crippen LogP contribution in [0.2, 0.25) is 0 Å². The lowest BCUT2D eigenvalue weighted by Crippen LogP contribution is -2.48. The predicted molar refractivity (Wildman–Crippen MR) is 129 cm³/mol. The van der Waals surface area contributed by atoms with Crippen molar-refractivity contribution in [3.63, 3.8) is 0 Å². The third-order valence-corrected chi connectivity index (χ3v) is 7.81. The van der Waals surface area contributed by atoms with Crippen LogP contribution < -0.4 is 0 Å². The van der Waals surface area contributed by atoms with Gasteiger partial charge in [-0.05, 0) is 59.9 Å². The third kappa shape index (κ3) is 4.35. The summed E-state index contributed by atoms with van der Waals surface area (Å²) in [4.78, 5) is 16.8. The van der Waals surface area contributed by atoms with Gasteiger partial charge in [-0.2, -0.15) is 13.2 Å². The van der Waals surface area contributed by atoms with Gasteiger partial charge < -0.3 is 4.74 Å². The lowest BCUT2D eigenvalue weighted by molar-refractivity contribution is -0.478. The van der Waals surface area contributed by atoms with Gasteiger partial charge in [0, 0.05) is 24.6 Å². The van der Waals surface area contributed by atoms with Crippen molar-refractivity contribution in [2.45, 2.75) is 36.8 Å². The molecule has 1 atom stereocenters. The highest BCUT2D eigenvalue weighted by atomic mass is 19.4. The van der Waals surface area contributed by atoms with Gasteiger partial charge in [-0.1, -0.05) is 24.3 Å². The Labute approximate surface area is 213 Å². The molecule has 1 radical (unpaired) electrons. The normalized spacial score (nSPS) is 25.6. The predicted octanol–water partition coefficient (Wildman–Crippen LogP) is 4.26. The second-order valence-electron chi connectivity index (χ2n) is 10.4. The number of carbonyl (C=O) groups is 1. The highest BCUT2D eigenvalue weighted by Crippen LogP contribution is 2.45. The van der Waals surface area contributed by atoms with Gasteiger partial charge in [0.15, 0.2) is 0 Å². The summed E-state index contributed by atoms with van der Waals surface area (Å²) < 4.78 is 49.7. The Morgan fingerprint density at radius 3 is 2.65 bits per heavy atom. The molecular weight excluding hydrogens is 483 g/mol. The van der Waals surface area contributed by atoms with E-state index in [0.717, 1.165) is 37.7 Å². The summed E-state index contributed by atoms with van der Waals surface area (Å²) in [6, 6.07) is 7.59. The van der Waals surface area contributed by atoms with Gasteiger partial charge in [0.1, 0.15) is 0 Å². The average molecular weight is 512 g/mol. The number of likely N-dealkylation sites (tertiary alicyclic amines) is 1. The molecule has 0 N–H and O–H groups in total. The van der Waals surface area contributed by atoms with Crippen LogP contribution in [0.25, 0.3) is 0 Å². The fourth-order valence-electron chi connectivity index (χ4n) is 5.70. The molecule has 1 aromatic rings. The van der Waals surface area contributed by atoms with Gasteiger partial charge in [0.25, 0.3) is 0 Å². The van der Waals surface area contributed by atoms with E-state index < -0.39 is 17.7 Å². The number of alkyl halides is 3. The molecule has 5 aliphatic heterocycles. The zero-order chi connectivity index (χ0) is 25.8. The van der Waals surface area contributed by atoms with E-state index in [0.29, 0.717) is 37.3 Å². The van der Waals surface area contributed by atoms with Crippen LogP contribution in [0.1, 0.15) is 36.3 Å². The van der Waals surface area contributed by atoms with E-state index in [2.05, 4.69) is 15.1 Å². The van der Waals surface area contributed by atoms with Crippen molar-refractivity contribution in [3.05, 3.63) is 76.8 Å². The Hall–Kier alpha value is -3.11. The SMILES string of the molecule is C[N+]1=CN=N[C]1CC1(c2cccc(C3C=C4C(C(F)(F)F)=CC(CN5CCCC5)=CN4C3=O)c2)COC1. The summed E-state index contributed by atoms with van der Waals surface area (Å²) in [6.45, 7) is 3.12. The summed E-state index contributed by atoms with van der Waals surface area (Å²) in [5, 5.41) is 8.17. The summed E-state index contributed by atoms with van der Waals surface area (Å²) in [5.41, 5.74) is 0.986. The average Bonchev–Trinajstić information content (AvgIpc) is 3.57. The molecule has 0 aromatic heterocycles. The number of benzene rings is 1. The number of amides is 1. The van der Waals surface area contributed by atoms with Crippen molar-refractivity contribution in [1.29, 1.82) is 0 Å². The van der Waals surface area contributed by atoms with E-state index in [1.54, 1.807) is 12.5 Å². The van der Waals surface area contributed by atoms with Crippen LogP contribution in [0.4, 0.5) is 13.2 Å². The molecule has 2 fully saturated rings. The first-order valence-electron chi connectivity index (χ1n) is 12.5. The molecule has 5 aliphatic rings. The summed E-state index contributed by atoms with van der Waals surface area (Å²) in [6.07, 6.45) is 4.84. The molecule has 5 heterocycles. The molecule has 1 aromatic carbocycles. The Bertz CT molecular complexity index is 1270. The van der Waals surface area contributed by atoms with Gasteiger partial charge in [-0.15, -0.1) is 0 Å². The maximum absolute atomic E-state index is 14.1. The minimum absolute atomic E-state index is 0.0844. The number of hydrogen-bond acceptors (Lipinski definition) is 5. The van der Waals surface area contributed by atoms with Crippen LogP contribution >= 0.6 is 0 Å². The topological polar surface area (TPSA) is 60.5 Å². The number of carbonyl (C=O) groups excluding carboxylic acids is 1. The molecule has 1 unspecified atom stereocenters. The standard InChI is InChI=1S/C27H28F3N5O2/c1-33-17-31-32-24(33)12-26(15-37-16-26)20-6-4-5-19(10-20)21-11-23-22(27(28,29)30)9-18(14-35(23)25(21)36)13-34-7-2-3-8-34/h4-6,9-11,14,17,21H,2-3,7-8,12-13,15-16H2,1H3/q+1. The fraction of sp³-hybridized carbons (Fsp3) is 0.444. The first-order valence-corrected chi connectivity index (χ1v) is 12.5. The molecule has 193 valence electrons. The highest BCUT2D eigenvalue weighted by molar-refractivity contribution is 5.93. The third-order valence-electron chi connectivity index (χ3n) is 7.81. The van der Waals surface area contributed by atoms with Crippen LogP contribution in [-0.2, 0) is 14.9 Å². The summed E-state index contributed by atoms with van der Waals surface area (Å²) in [5.74, 6) is -1.16. The lowest BCUT2D eigenvalue weighted by Gasteiger charge is -2.42. The Morgan fingerprint density at radius 1 is 1.22 bits per heavy atom. The van der Waals surface area contributed by atoms with Gasteiger partial charge in [0.05, 0.1) is 42.6 Å². The molecule has 7 nitrogen and oxygen atoms in total. The number of allylic oxidation sites excluding steroid dienone is 1. The van der Waals surface area contributed by atoms with Gasteiger partial charge in [0.2, 0.25) is 5.91 Å². The van der Waals surface area contributed by atoms with Crippen molar-refractivity contribution >= 4 is 12.2 Å². The second-order valence-corrected chi connectivity index (χ2v) is 10.4. The largest absolute Gasteiger partial charge is 0.418 e. The van der Waals surface area contributed by atoms with E-state index >= 15 is 0 Å². The zero-order valence-electron chi connectivity index (χ0n) is 20.5. The zero-order valence-corrected chi connectivity index (χ0v) is 20.5. The van der Waals surface area contributed by atoms with Crippen molar-refractivity contribution in [2.24, 2.45) is 10.2 Å². The van der Waals surface area contributed by atoms with Gasteiger partial charge in [-0.25, -0.2) is 4.58 Å². The van der Waals surface area contributed by atoms with E-state index in [1.807, 2.05) is 35.9 Å². The molecule has 0 bridgehead atoms. The minimum Gasteiger partial charge on any atom is -0.379 e. The van der Waals surface area contributed by atoms with E-state index in [-0.39, 0.29) is 17.0 Å². The smallest absolute Gasteiger partial charge is 0.379 e. The molecule has 10 heteroatoms. The molecular formula is C27H28F3N5O2+. The first-order chi connectivity index (χ1) is 17.7. The highest BCUT2D eigenvalue weighted by Gasteiger charge is 2.48. The second kappa shape index (κ2) is 9.02. The number of hydrogen-bond donors (Lipinski definition) is 0. The Balaban J connectivity index is 1.30. The monoisotopic (exact) mass is 511 g/mol. The van der Waals surface area contributed by atoms with Crippen molar-refractivity contribution in [2.75, 3.05) is 39.9 Å². The Morgan fingerprint density at radius 2 is 2.00 bits per heavy atom. The lowest BCUT2D eigenvalue weighted by atomic mass is 9.74. The maximum atomic E-state index is 14.1. The van der Waals surface area contributed by atoms with Crippen LogP contribution in [0, 0.1) is 6.17 Å². The van der Waals surface area contributed by atoms with Crippen molar-refractivity contribution < 1.29 is 27.3 Å². The van der Waals surface area contributed by atoms with Crippen molar-refractivity contribution in [3.8, 4) is 0 Å². The molecule has 37 heavy (non-hydrogen) atoms. The van der Waals surface area contributed by atoms with Crippen LogP contribution in [0.5, 0.6) is 0 Å². The summed E-state index contributed by atoms with van der Waals surface area (Å²) >= 11 is 0.